The number of allylic oxidation sites excluding steroid dienone is 3. The van der Waals surface area contributed by atoms with E-state index in [1.165, 1.54) is 18.2 Å². The Labute approximate surface area is 136 Å². The molecule has 1 unspecified atom stereocenters. The van der Waals surface area contributed by atoms with E-state index < -0.39 is 0 Å². The van der Waals surface area contributed by atoms with Gasteiger partial charge in [0.25, 0.3) is 0 Å². The highest BCUT2D eigenvalue weighted by Crippen LogP contribution is 2.21. The number of nitrogens with one attached hydrogen (secondary N) is 1. The molecule has 1 atom stereocenters. The Kier molecular flexibility index (Phi) is 6.97. The minimum absolute atomic E-state index is 0.0126. The van der Waals surface area contributed by atoms with Gasteiger partial charge in [-0.2, -0.15) is 0 Å². The molecule has 1 aromatic rings. The molecule has 1 N–H and O–H groups in total. The lowest BCUT2D eigenvalue weighted by atomic mass is 10.0. The van der Waals surface area contributed by atoms with Crippen LogP contribution in [0.4, 0.5) is 4.39 Å². The Bertz CT molecular complexity index is 549. The maximum Gasteiger partial charge on any atom is 0.244 e. The van der Waals surface area contributed by atoms with Crippen LogP contribution in [0, 0.1) is 5.82 Å². The minimum atomic E-state index is -0.257. The zero-order chi connectivity index (χ0) is 16.5. The van der Waals surface area contributed by atoms with Crippen molar-refractivity contribution in [1.29, 1.82) is 0 Å². The summed E-state index contributed by atoms with van der Waals surface area (Å²) < 4.78 is 18.5. The highest BCUT2D eigenvalue weighted by atomic mass is 19.1. The molecule has 1 heterocycles. The lowest BCUT2D eigenvalue weighted by molar-refractivity contribution is -0.116. The molecule has 1 aliphatic rings. The Morgan fingerprint density at radius 1 is 1.30 bits per heavy atom. The first-order valence-corrected chi connectivity index (χ1v) is 7.85. The van der Waals surface area contributed by atoms with Crippen LogP contribution in [-0.2, 0) is 9.53 Å². The second-order valence-electron chi connectivity index (χ2n) is 5.35. The fraction of sp³-hybridized carbons (Fsp3) is 0.389. The van der Waals surface area contributed by atoms with Crippen LogP contribution in [0.2, 0.25) is 0 Å². The van der Waals surface area contributed by atoms with E-state index in [1.807, 2.05) is 13.0 Å². The summed E-state index contributed by atoms with van der Waals surface area (Å²) >= 11 is 0. The van der Waals surface area contributed by atoms with E-state index in [2.05, 4.69) is 10.2 Å². The Morgan fingerprint density at radius 2 is 2.00 bits per heavy atom. The van der Waals surface area contributed by atoms with Gasteiger partial charge in [0.05, 0.1) is 19.3 Å². The van der Waals surface area contributed by atoms with Crippen molar-refractivity contribution < 1.29 is 13.9 Å². The molecule has 0 bridgehead atoms. The quantitative estimate of drug-likeness (QED) is 0.647. The molecule has 1 amide bonds. The van der Waals surface area contributed by atoms with E-state index in [0.29, 0.717) is 19.8 Å². The molecule has 0 saturated carbocycles. The van der Waals surface area contributed by atoms with Gasteiger partial charge in [0, 0.05) is 25.7 Å². The molecule has 1 saturated heterocycles. The molecule has 23 heavy (non-hydrogen) atoms. The van der Waals surface area contributed by atoms with Gasteiger partial charge in [-0.3, -0.25) is 9.69 Å². The zero-order valence-corrected chi connectivity index (χ0v) is 13.4. The normalized spacial score (nSPS) is 17.7. The molecule has 1 aromatic carbocycles. The molecule has 5 heteroatoms. The largest absolute Gasteiger partial charge is 0.379 e. The number of carbonyl (C=O) groups excluding carboxylic acids is 1. The third-order valence-electron chi connectivity index (χ3n) is 3.76. The lowest BCUT2D eigenvalue weighted by Crippen LogP contribution is -2.43. The van der Waals surface area contributed by atoms with Crippen LogP contribution in [0.3, 0.4) is 0 Å². The molecule has 1 aliphatic heterocycles. The second kappa shape index (κ2) is 9.22. The van der Waals surface area contributed by atoms with E-state index in [4.69, 9.17) is 4.74 Å². The first-order valence-electron chi connectivity index (χ1n) is 7.85. The predicted octanol–water partition coefficient (Wildman–Crippen LogP) is 2.45. The second-order valence-corrected chi connectivity index (χ2v) is 5.35. The molecule has 2 rings (SSSR count). The van der Waals surface area contributed by atoms with Gasteiger partial charge in [-0.25, -0.2) is 4.39 Å². The summed E-state index contributed by atoms with van der Waals surface area (Å²) in [5.41, 5.74) is 0.992. The van der Waals surface area contributed by atoms with Crippen LogP contribution >= 0.6 is 0 Å². The van der Waals surface area contributed by atoms with Crippen molar-refractivity contribution in [3.05, 3.63) is 60.0 Å². The van der Waals surface area contributed by atoms with Crippen molar-refractivity contribution in [2.45, 2.75) is 13.0 Å². The van der Waals surface area contributed by atoms with Crippen molar-refractivity contribution in [2.24, 2.45) is 0 Å². The monoisotopic (exact) mass is 318 g/mol. The Balaban J connectivity index is 2.04. The number of hydrogen-bond acceptors (Lipinski definition) is 3. The number of amides is 1. The molecular formula is C18H23FN2O2. The van der Waals surface area contributed by atoms with Gasteiger partial charge >= 0.3 is 0 Å². The average molecular weight is 318 g/mol. The number of morpholine rings is 1. The van der Waals surface area contributed by atoms with Gasteiger partial charge < -0.3 is 10.1 Å². The van der Waals surface area contributed by atoms with Crippen molar-refractivity contribution >= 4 is 5.91 Å². The molecule has 0 aliphatic carbocycles. The molecule has 0 aromatic heterocycles. The number of rotatable bonds is 6. The van der Waals surface area contributed by atoms with E-state index in [0.717, 1.165) is 18.7 Å². The first kappa shape index (κ1) is 17.4. The zero-order valence-electron chi connectivity index (χ0n) is 13.4. The summed E-state index contributed by atoms with van der Waals surface area (Å²) in [5, 5.41) is 2.92. The Hall–Kier alpha value is -1.98. The number of benzene rings is 1. The van der Waals surface area contributed by atoms with Gasteiger partial charge in [-0.15, -0.1) is 0 Å². The van der Waals surface area contributed by atoms with Gasteiger partial charge in [0.2, 0.25) is 5.91 Å². The third-order valence-corrected chi connectivity index (χ3v) is 3.76. The van der Waals surface area contributed by atoms with Gasteiger partial charge in [0.15, 0.2) is 0 Å². The van der Waals surface area contributed by atoms with Crippen molar-refractivity contribution in [3.63, 3.8) is 0 Å². The van der Waals surface area contributed by atoms with Gasteiger partial charge in [0.1, 0.15) is 5.82 Å². The predicted molar refractivity (Wildman–Crippen MR) is 88.5 cm³/mol. The lowest BCUT2D eigenvalue weighted by Gasteiger charge is -2.34. The average Bonchev–Trinajstić information content (AvgIpc) is 2.58. The standard InChI is InChI=1S/C18H23FN2O2/c1-2-3-4-5-18(22)20-14-17(21-10-12-23-13-11-21)15-6-8-16(19)9-7-15/h2-9,17H,10-14H2,1H3,(H,20,22)/b3-2+,5-4+. The topological polar surface area (TPSA) is 41.6 Å². The van der Waals surface area contributed by atoms with Crippen LogP contribution in [-0.4, -0.2) is 43.7 Å². The van der Waals surface area contributed by atoms with E-state index in [1.54, 1.807) is 24.3 Å². The molecule has 0 radical (unpaired) electrons. The van der Waals surface area contributed by atoms with Crippen molar-refractivity contribution in [3.8, 4) is 0 Å². The Morgan fingerprint density at radius 3 is 2.65 bits per heavy atom. The summed E-state index contributed by atoms with van der Waals surface area (Å²) in [6, 6.07) is 6.47. The maximum atomic E-state index is 13.2. The molecule has 0 spiro atoms. The van der Waals surface area contributed by atoms with E-state index in [-0.39, 0.29) is 17.8 Å². The van der Waals surface area contributed by atoms with Crippen LogP contribution in [0.5, 0.6) is 0 Å². The van der Waals surface area contributed by atoms with Crippen LogP contribution in [0.25, 0.3) is 0 Å². The SMILES string of the molecule is C/C=C/C=C/C(=O)NCC(c1ccc(F)cc1)N1CCOCC1. The molecule has 1 fully saturated rings. The molecule has 124 valence electrons. The van der Waals surface area contributed by atoms with Crippen LogP contribution < -0.4 is 5.32 Å². The van der Waals surface area contributed by atoms with E-state index in [9.17, 15) is 9.18 Å². The van der Waals surface area contributed by atoms with Gasteiger partial charge in [-0.1, -0.05) is 30.4 Å². The highest BCUT2D eigenvalue weighted by Gasteiger charge is 2.22. The summed E-state index contributed by atoms with van der Waals surface area (Å²) in [6.07, 6.45) is 6.87. The number of carbonyl (C=O) groups is 1. The van der Waals surface area contributed by atoms with Crippen LogP contribution in [0.15, 0.2) is 48.6 Å². The highest BCUT2D eigenvalue weighted by molar-refractivity contribution is 5.87. The minimum Gasteiger partial charge on any atom is -0.379 e. The van der Waals surface area contributed by atoms with Gasteiger partial charge in [-0.05, 0) is 24.6 Å². The summed E-state index contributed by atoms with van der Waals surface area (Å²) in [6.45, 7) is 5.31. The third kappa shape index (κ3) is 5.62. The van der Waals surface area contributed by atoms with Crippen molar-refractivity contribution in [1.82, 2.24) is 10.2 Å². The summed E-state index contributed by atoms with van der Waals surface area (Å²) in [5.74, 6) is -0.392. The summed E-state index contributed by atoms with van der Waals surface area (Å²) in [4.78, 5) is 14.1. The van der Waals surface area contributed by atoms with Crippen molar-refractivity contribution in [2.75, 3.05) is 32.8 Å². The number of hydrogen-bond donors (Lipinski definition) is 1. The first-order chi connectivity index (χ1) is 11.2. The number of halogens is 1. The summed E-state index contributed by atoms with van der Waals surface area (Å²) in [7, 11) is 0. The number of ether oxygens (including phenoxy) is 1. The fourth-order valence-corrected chi connectivity index (χ4v) is 2.54. The fourth-order valence-electron chi connectivity index (χ4n) is 2.54. The molecular weight excluding hydrogens is 295 g/mol. The smallest absolute Gasteiger partial charge is 0.244 e. The van der Waals surface area contributed by atoms with Crippen LogP contribution in [0.1, 0.15) is 18.5 Å². The number of nitrogens with zero attached hydrogens (tertiary/aromatic N) is 1. The molecule has 4 nitrogen and oxygen atoms in total. The maximum absolute atomic E-state index is 13.2. The van der Waals surface area contributed by atoms with E-state index >= 15 is 0 Å².